The van der Waals surface area contributed by atoms with E-state index in [0.29, 0.717) is 0 Å². The second-order valence-electron chi connectivity index (χ2n) is 5.11. The lowest BCUT2D eigenvalue weighted by Crippen LogP contribution is -2.30. The van der Waals surface area contributed by atoms with Gasteiger partial charge in [-0.15, -0.1) is 0 Å². The first-order valence-corrected chi connectivity index (χ1v) is 4.95. The highest BCUT2D eigenvalue weighted by Gasteiger charge is 2.38. The van der Waals surface area contributed by atoms with Gasteiger partial charge in [-0.3, -0.25) is 0 Å². The summed E-state index contributed by atoms with van der Waals surface area (Å²) in [6.45, 7) is 0. The molecule has 0 N–H and O–H groups in total. The summed E-state index contributed by atoms with van der Waals surface area (Å²) >= 11 is 0. The van der Waals surface area contributed by atoms with Crippen LogP contribution in [0.5, 0.6) is 0 Å². The van der Waals surface area contributed by atoms with Crippen LogP contribution in [0.2, 0.25) is 0 Å². The fraction of sp³-hybridized carbons (Fsp3) is 0.900. The van der Waals surface area contributed by atoms with Gasteiger partial charge in [0, 0.05) is 5.92 Å². The average Bonchev–Trinajstić information content (AvgIpc) is 2.42. The van der Waals surface area contributed by atoms with Gasteiger partial charge in [0.05, 0.1) is 26.9 Å². The second kappa shape index (κ2) is 2.56. The minimum atomic E-state index is 0.749. The summed E-state index contributed by atoms with van der Waals surface area (Å²) in [6.07, 6.45) is 5.59. The molecule has 0 amide bonds. The van der Waals surface area contributed by atoms with E-state index in [0.717, 1.165) is 16.4 Å². The van der Waals surface area contributed by atoms with E-state index in [4.69, 9.17) is 5.10 Å². The van der Waals surface area contributed by atoms with E-state index < -0.39 is 0 Å². The Labute approximate surface area is 74.8 Å². The summed E-state index contributed by atoms with van der Waals surface area (Å²) in [4.78, 5) is 0. The molecule has 2 atom stereocenters. The molecule has 2 fully saturated rings. The van der Waals surface area contributed by atoms with Crippen LogP contribution < -0.4 is 0 Å². The molecule has 2 saturated carbocycles. The number of fused-ring (bicyclic) bond motifs is 2. The molecular formula is C10H19N2+. The summed E-state index contributed by atoms with van der Waals surface area (Å²) in [5.74, 6) is 1.84. The third-order valence-corrected chi connectivity index (χ3v) is 2.94. The van der Waals surface area contributed by atoms with Gasteiger partial charge < -0.3 is 0 Å². The van der Waals surface area contributed by atoms with Crippen LogP contribution in [0, 0.1) is 11.8 Å². The molecule has 2 unspecified atom stereocenters. The van der Waals surface area contributed by atoms with E-state index in [1.54, 1.807) is 0 Å². The first-order chi connectivity index (χ1) is 5.54. The maximum Gasteiger partial charge on any atom is 0.0923 e. The Kier molecular flexibility index (Phi) is 1.76. The van der Waals surface area contributed by atoms with Crippen LogP contribution in [-0.4, -0.2) is 31.4 Å². The molecule has 68 valence electrons. The van der Waals surface area contributed by atoms with E-state index in [-0.39, 0.29) is 0 Å². The predicted octanol–water partition coefficient (Wildman–Crippen LogP) is 1.87. The molecule has 2 rings (SSSR count). The minimum Gasteiger partial charge on any atom is -0.205 e. The van der Waals surface area contributed by atoms with E-state index in [1.807, 2.05) is 0 Å². The topological polar surface area (TPSA) is 12.4 Å². The van der Waals surface area contributed by atoms with E-state index in [9.17, 15) is 0 Å². The fourth-order valence-electron chi connectivity index (χ4n) is 2.53. The van der Waals surface area contributed by atoms with Gasteiger partial charge in [0.15, 0.2) is 0 Å². The Morgan fingerprint density at radius 3 is 2.42 bits per heavy atom. The summed E-state index contributed by atoms with van der Waals surface area (Å²) in [6, 6.07) is 0. The van der Waals surface area contributed by atoms with Gasteiger partial charge in [-0.2, -0.15) is 0 Å². The molecule has 2 heteroatoms. The number of hydrogen-bond donors (Lipinski definition) is 0. The summed E-state index contributed by atoms with van der Waals surface area (Å²) < 4.78 is 0.749. The third-order valence-electron chi connectivity index (χ3n) is 2.94. The Balaban J connectivity index is 2.12. The zero-order chi connectivity index (χ0) is 8.77. The van der Waals surface area contributed by atoms with Crippen molar-refractivity contribution in [2.75, 3.05) is 21.1 Å². The van der Waals surface area contributed by atoms with Gasteiger partial charge in [0.25, 0.3) is 0 Å². The van der Waals surface area contributed by atoms with Crippen molar-refractivity contribution in [3.8, 4) is 0 Å². The molecule has 2 aliphatic rings. The number of quaternary nitrogens is 1. The lowest BCUT2D eigenvalue weighted by Gasteiger charge is -2.19. The second-order valence-corrected chi connectivity index (χ2v) is 5.11. The van der Waals surface area contributed by atoms with Gasteiger partial charge in [-0.05, 0) is 31.6 Å². The molecule has 0 radical (unpaired) electrons. The van der Waals surface area contributed by atoms with E-state index in [2.05, 4.69) is 21.1 Å². The summed E-state index contributed by atoms with van der Waals surface area (Å²) in [7, 11) is 6.41. The lowest BCUT2D eigenvalue weighted by atomic mass is 9.99. The summed E-state index contributed by atoms with van der Waals surface area (Å²) in [5.41, 5.74) is 1.50. The van der Waals surface area contributed by atoms with Crippen molar-refractivity contribution in [2.24, 2.45) is 16.9 Å². The standard InChI is InChI=1S/C10H19N2/c1-12(2,3)11-10-7-8-4-5-9(10)6-8/h8-9H,4-7H2,1-3H3/q+1. The zero-order valence-electron chi connectivity index (χ0n) is 8.38. The molecule has 0 aromatic heterocycles. The highest BCUT2D eigenvalue weighted by Crippen LogP contribution is 2.42. The Hall–Kier alpha value is -0.370. The van der Waals surface area contributed by atoms with Crippen molar-refractivity contribution in [1.82, 2.24) is 0 Å². The van der Waals surface area contributed by atoms with Crippen molar-refractivity contribution in [2.45, 2.75) is 25.7 Å². The highest BCUT2D eigenvalue weighted by molar-refractivity contribution is 5.89. The van der Waals surface area contributed by atoms with Gasteiger partial charge in [0.2, 0.25) is 0 Å². The number of hydrogen-bond acceptors (Lipinski definition) is 1. The van der Waals surface area contributed by atoms with Crippen molar-refractivity contribution in [3.05, 3.63) is 0 Å². The van der Waals surface area contributed by atoms with Crippen LogP contribution in [0.15, 0.2) is 5.10 Å². The van der Waals surface area contributed by atoms with Crippen LogP contribution in [0.25, 0.3) is 0 Å². The predicted molar refractivity (Wildman–Crippen MR) is 50.9 cm³/mol. The smallest absolute Gasteiger partial charge is 0.0923 e. The molecule has 2 aliphatic carbocycles. The molecule has 2 nitrogen and oxygen atoms in total. The Morgan fingerprint density at radius 1 is 1.25 bits per heavy atom. The van der Waals surface area contributed by atoms with Crippen LogP contribution in [0.1, 0.15) is 25.7 Å². The molecule has 0 aliphatic heterocycles. The van der Waals surface area contributed by atoms with Crippen molar-refractivity contribution >= 4 is 5.71 Å². The van der Waals surface area contributed by atoms with Crippen molar-refractivity contribution in [1.29, 1.82) is 0 Å². The van der Waals surface area contributed by atoms with Gasteiger partial charge in [0.1, 0.15) is 0 Å². The van der Waals surface area contributed by atoms with E-state index >= 15 is 0 Å². The van der Waals surface area contributed by atoms with Crippen LogP contribution in [0.4, 0.5) is 0 Å². The first-order valence-electron chi connectivity index (χ1n) is 4.95. The highest BCUT2D eigenvalue weighted by atomic mass is 15.6. The number of rotatable bonds is 1. The molecule has 0 aromatic rings. The quantitative estimate of drug-likeness (QED) is 0.417. The maximum absolute atomic E-state index is 4.75. The lowest BCUT2D eigenvalue weighted by molar-refractivity contribution is -0.877. The summed E-state index contributed by atoms with van der Waals surface area (Å²) in [5, 5.41) is 4.75. The largest absolute Gasteiger partial charge is 0.205 e. The Bertz CT molecular complexity index is 212. The molecule has 0 spiro atoms. The monoisotopic (exact) mass is 167 g/mol. The minimum absolute atomic E-state index is 0.749. The van der Waals surface area contributed by atoms with E-state index in [1.165, 1.54) is 31.4 Å². The molecule has 0 saturated heterocycles. The van der Waals surface area contributed by atoms with Gasteiger partial charge >= 0.3 is 0 Å². The van der Waals surface area contributed by atoms with Gasteiger partial charge in [-0.25, -0.2) is 4.59 Å². The fourth-order valence-corrected chi connectivity index (χ4v) is 2.53. The first kappa shape index (κ1) is 8.24. The van der Waals surface area contributed by atoms with Crippen molar-refractivity contribution < 1.29 is 4.59 Å². The molecule has 12 heavy (non-hydrogen) atoms. The molecule has 2 bridgehead atoms. The molecule has 0 heterocycles. The maximum atomic E-state index is 4.75. The van der Waals surface area contributed by atoms with Crippen LogP contribution in [0.3, 0.4) is 0 Å². The van der Waals surface area contributed by atoms with Crippen LogP contribution in [-0.2, 0) is 0 Å². The van der Waals surface area contributed by atoms with Crippen LogP contribution >= 0.6 is 0 Å². The SMILES string of the molecule is C[N+](C)(C)N=C1CC2CCC1C2. The van der Waals surface area contributed by atoms with Gasteiger partial charge in [-0.1, -0.05) is 5.10 Å². The third kappa shape index (κ3) is 1.53. The normalized spacial score (nSPS) is 38.1. The molecular weight excluding hydrogens is 148 g/mol. The zero-order valence-corrected chi connectivity index (χ0v) is 8.38. The molecule has 0 aromatic carbocycles. The average molecular weight is 167 g/mol. The Morgan fingerprint density at radius 2 is 2.00 bits per heavy atom. The van der Waals surface area contributed by atoms with Crippen molar-refractivity contribution in [3.63, 3.8) is 0 Å². The number of nitrogens with zero attached hydrogens (tertiary/aromatic N) is 2.